The van der Waals surface area contributed by atoms with E-state index < -0.39 is 113 Å². The molecule has 3 aliphatic heterocycles. The summed E-state index contributed by atoms with van der Waals surface area (Å²) < 4.78 is 42.2. The van der Waals surface area contributed by atoms with Crippen LogP contribution in [0.4, 0.5) is 19.6 Å². The highest BCUT2D eigenvalue weighted by atomic mass is 32.1. The SMILES string of the molecule is CC1=C(C#N)C(=O)N(C(=O)OCc2ccccc2)C(=O)/C1=N/c1cc2c(s1)-c1cc3c(cc1CC2(C(=O)OCc1ccccc1)C(=O)OCc1ccccc1)-c1sc(/N=C2/C(=O)N(C(=O)OCc4ccccc4)C(=O)C(C#N)=C2C)cc1C(C(=O)OCc1ccccc1)(C(=O)OCc1ccccc1)O3. The Kier molecular flexibility index (Phi) is 19.6. The summed E-state index contributed by atoms with van der Waals surface area (Å²) >= 11 is 1.58. The maximum atomic E-state index is 15.8. The molecule has 514 valence electrons. The van der Waals surface area contributed by atoms with Crippen LogP contribution >= 0.6 is 22.7 Å². The number of esters is 4. The van der Waals surface area contributed by atoms with Crippen molar-refractivity contribution in [2.24, 2.45) is 9.98 Å². The third kappa shape index (κ3) is 13.3. The van der Waals surface area contributed by atoms with Crippen LogP contribution < -0.4 is 4.74 Å². The Morgan fingerprint density at radius 3 is 1.12 bits per heavy atom. The van der Waals surface area contributed by atoms with Crippen LogP contribution in [0, 0.1) is 22.7 Å². The first kappa shape index (κ1) is 69.1. The second kappa shape index (κ2) is 29.5. The molecule has 4 aliphatic rings. The third-order valence-electron chi connectivity index (χ3n) is 17.4. The molecule has 13 rings (SSSR count). The van der Waals surface area contributed by atoms with Gasteiger partial charge in [-0.1, -0.05) is 182 Å². The normalized spacial score (nSPS) is 15.5. The predicted octanol–water partition coefficient (Wildman–Crippen LogP) is 12.7. The monoisotopic (exact) mass is 1420 g/mol. The van der Waals surface area contributed by atoms with E-state index in [0.29, 0.717) is 33.4 Å². The number of carbonyl (C=O) groups excluding carboxylic acids is 10. The second-order valence-electron chi connectivity index (χ2n) is 23.9. The van der Waals surface area contributed by atoms with Gasteiger partial charge in [0.1, 0.15) is 90.1 Å². The molecule has 1 aliphatic carbocycles. The van der Waals surface area contributed by atoms with Crippen LogP contribution in [0.25, 0.3) is 20.9 Å². The van der Waals surface area contributed by atoms with E-state index in [9.17, 15) is 39.3 Å². The van der Waals surface area contributed by atoms with Crippen LogP contribution in [0.2, 0.25) is 0 Å². The largest absolute Gasteiger partial charge is 0.460 e. The van der Waals surface area contributed by atoms with Gasteiger partial charge in [-0.15, -0.1) is 22.7 Å². The fourth-order valence-electron chi connectivity index (χ4n) is 12.0. The molecule has 0 saturated carbocycles. The van der Waals surface area contributed by atoms with E-state index in [2.05, 4.69) is 0 Å². The Morgan fingerprint density at radius 1 is 0.433 bits per heavy atom. The standard InChI is InChI=1S/C79H54N6O17S2/c1-46-57(38-80)68(86)84(76(94)100-44-52-29-17-7-18-30-52)70(88)64(46)82-62-35-59-66(103-62)55-34-61-56(33-54(55)37-78(59,72(90)96-40-48-21-9-3-10-22-48)73(91)97-41-49-23-11-4-12-24-49)67-60(79(102-61,74(92)98-42-50-25-13-5-14-26-50)75(93)99-43-51-27-15-6-16-28-51)36-63(104-67)83-65-47(2)58(39-81)69(87)85(71(65)89)77(95)101-45-53-31-19-8-20-32-53/h3-36H,37,40-45H2,1-2H3/b82-64+,83-65+. The molecule has 6 amide bonds. The molecule has 0 unspecified atom stereocenters. The van der Waals surface area contributed by atoms with Crippen molar-refractivity contribution in [1.29, 1.82) is 10.5 Å². The van der Waals surface area contributed by atoms with Crippen LogP contribution in [-0.4, -0.2) is 80.9 Å². The highest BCUT2D eigenvalue weighted by molar-refractivity contribution is 7.20. The molecule has 5 heterocycles. The van der Waals surface area contributed by atoms with E-state index in [1.807, 2.05) is 0 Å². The molecular weight excluding hydrogens is 1370 g/mol. The van der Waals surface area contributed by atoms with E-state index in [1.165, 1.54) is 32.0 Å². The minimum atomic E-state index is -2.94. The smallest absolute Gasteiger partial charge is 0.424 e. The Hall–Kier alpha value is -13.4. The van der Waals surface area contributed by atoms with Gasteiger partial charge in [-0.2, -0.15) is 20.3 Å². The van der Waals surface area contributed by atoms with E-state index in [0.717, 1.165) is 22.7 Å². The number of benzene rings is 7. The van der Waals surface area contributed by atoms with Gasteiger partial charge in [0.25, 0.3) is 23.6 Å². The molecule has 0 fully saturated rings. The number of nitrogens with zero attached hydrogens (tertiary/aromatic N) is 6. The Morgan fingerprint density at radius 2 is 0.760 bits per heavy atom. The lowest BCUT2D eigenvalue weighted by Gasteiger charge is -2.37. The summed E-state index contributed by atoms with van der Waals surface area (Å²) in [6.45, 7) is 0.286. The van der Waals surface area contributed by atoms with Crippen molar-refractivity contribution in [1.82, 2.24) is 9.80 Å². The van der Waals surface area contributed by atoms with Gasteiger partial charge in [0.05, 0.1) is 0 Å². The molecule has 0 radical (unpaired) electrons. The first-order valence-corrected chi connectivity index (χ1v) is 33.6. The van der Waals surface area contributed by atoms with E-state index in [1.54, 1.807) is 200 Å². The zero-order valence-electron chi connectivity index (χ0n) is 55.0. The quantitative estimate of drug-likeness (QED) is 0.0333. The summed E-state index contributed by atoms with van der Waals surface area (Å²) in [6.07, 6.45) is -3.40. The van der Waals surface area contributed by atoms with Gasteiger partial charge in [-0.25, -0.2) is 29.2 Å². The van der Waals surface area contributed by atoms with Gasteiger partial charge in [-0.3, -0.25) is 28.8 Å². The molecule has 104 heavy (non-hydrogen) atoms. The highest BCUT2D eigenvalue weighted by Crippen LogP contribution is 2.58. The van der Waals surface area contributed by atoms with Crippen LogP contribution in [0.5, 0.6) is 5.75 Å². The topological polar surface area (TPSA) is 314 Å². The van der Waals surface area contributed by atoms with Gasteiger partial charge in [0.2, 0.25) is 0 Å². The molecule has 0 atom stereocenters. The van der Waals surface area contributed by atoms with Crippen molar-refractivity contribution in [3.63, 3.8) is 0 Å². The summed E-state index contributed by atoms with van der Waals surface area (Å²) in [4.78, 5) is 157. The first-order valence-electron chi connectivity index (χ1n) is 32.0. The number of imide groups is 6. The molecular formula is C79H54N6O17S2. The van der Waals surface area contributed by atoms with Gasteiger partial charge >= 0.3 is 41.7 Å². The average molecular weight is 1420 g/mol. The highest BCUT2D eigenvalue weighted by Gasteiger charge is 2.60. The number of ether oxygens (including phenoxy) is 7. The zero-order valence-corrected chi connectivity index (χ0v) is 56.7. The van der Waals surface area contributed by atoms with Crippen molar-refractivity contribution in [3.8, 4) is 38.8 Å². The van der Waals surface area contributed by atoms with Crippen LogP contribution in [0.1, 0.15) is 63.9 Å². The molecule has 0 N–H and O–H groups in total. The second-order valence-corrected chi connectivity index (χ2v) is 26.0. The lowest BCUT2D eigenvalue weighted by molar-refractivity contribution is -0.184. The number of hydrogen-bond donors (Lipinski definition) is 0. The molecule has 0 saturated heterocycles. The number of carbonyl (C=O) groups is 10. The van der Waals surface area contributed by atoms with Crippen molar-refractivity contribution < 1.29 is 81.1 Å². The molecule has 9 aromatic rings. The lowest BCUT2D eigenvalue weighted by atomic mass is 9.69. The van der Waals surface area contributed by atoms with Crippen molar-refractivity contribution >= 4 is 104 Å². The van der Waals surface area contributed by atoms with Crippen molar-refractivity contribution in [2.75, 3.05) is 0 Å². The van der Waals surface area contributed by atoms with Gasteiger partial charge in [0.15, 0.2) is 5.41 Å². The lowest BCUT2D eigenvalue weighted by Crippen LogP contribution is -2.52. The Labute approximate surface area is 600 Å². The molecule has 2 aromatic heterocycles. The van der Waals surface area contributed by atoms with E-state index >= 15 is 19.2 Å². The number of rotatable bonds is 18. The fraction of sp³-hybridized carbons (Fsp3) is 0.139. The summed E-state index contributed by atoms with van der Waals surface area (Å²) in [6, 6.07) is 60.1. The average Bonchev–Trinajstić information content (AvgIpc) is 1.40. The molecule has 0 spiro atoms. The van der Waals surface area contributed by atoms with E-state index in [4.69, 9.17) is 43.1 Å². The molecule has 0 bridgehead atoms. The zero-order chi connectivity index (χ0) is 72.8. The molecule has 25 heteroatoms. The number of hydrogen-bond acceptors (Lipinski definition) is 23. The Balaban J connectivity index is 1.01. The number of fused-ring (bicyclic) bond motifs is 6. The minimum absolute atomic E-state index is 0.0306. The fourth-order valence-corrected chi connectivity index (χ4v) is 14.3. The van der Waals surface area contributed by atoms with Gasteiger partial charge in [0, 0.05) is 44.0 Å². The van der Waals surface area contributed by atoms with Gasteiger partial charge < -0.3 is 33.2 Å². The summed E-state index contributed by atoms with van der Waals surface area (Å²) in [5.74, 6) is -10.2. The number of amides is 6. The molecule has 23 nitrogen and oxygen atoms in total. The summed E-state index contributed by atoms with van der Waals surface area (Å²) in [7, 11) is 0. The maximum absolute atomic E-state index is 15.8. The third-order valence-corrected chi connectivity index (χ3v) is 19.5. The number of thiophene rings is 2. The summed E-state index contributed by atoms with van der Waals surface area (Å²) in [5.41, 5.74) is -5.14. The minimum Gasteiger partial charge on any atom is -0.460 e. The van der Waals surface area contributed by atoms with Gasteiger partial charge in [-0.05, 0) is 82.6 Å². The molecule has 7 aromatic carbocycles. The predicted molar refractivity (Wildman–Crippen MR) is 373 cm³/mol. The number of aliphatic imine (C=N–C) groups is 2. The first-order chi connectivity index (χ1) is 50.4. The van der Waals surface area contributed by atoms with Crippen LogP contribution in [-0.2, 0) is 124 Å². The van der Waals surface area contributed by atoms with Crippen molar-refractivity contribution in [2.45, 2.75) is 70.9 Å². The number of nitriles is 2. The Bertz CT molecular complexity index is 4810. The summed E-state index contributed by atoms with van der Waals surface area (Å²) in [5, 5.41) is 20.5. The van der Waals surface area contributed by atoms with Crippen LogP contribution in [0.15, 0.2) is 239 Å². The maximum Gasteiger partial charge on any atom is 0.424 e. The van der Waals surface area contributed by atoms with Crippen molar-refractivity contribution in [3.05, 3.63) is 279 Å². The van der Waals surface area contributed by atoms with Crippen LogP contribution in [0.3, 0.4) is 0 Å². The van der Waals surface area contributed by atoms with E-state index in [-0.39, 0.29) is 101 Å².